The van der Waals surface area contributed by atoms with E-state index in [2.05, 4.69) is 10.2 Å². The quantitative estimate of drug-likeness (QED) is 0.860. The molecule has 1 aromatic rings. The summed E-state index contributed by atoms with van der Waals surface area (Å²) in [6.07, 6.45) is 2.67. The molecule has 1 N–H and O–H groups in total. The standard InChI is InChI=1S/C14H19FN2/c15-13-3-1-11(2-4-13)9-16-14-10-17-7-5-12(14)6-8-17/h1-4,12,14,16H,5-10H2/t14-/m1/s1. The summed E-state index contributed by atoms with van der Waals surface area (Å²) in [5.41, 5.74) is 1.17. The van der Waals surface area contributed by atoms with E-state index in [1.807, 2.05) is 12.1 Å². The molecule has 2 nitrogen and oxygen atoms in total. The van der Waals surface area contributed by atoms with Crippen molar-refractivity contribution >= 4 is 0 Å². The molecule has 0 spiro atoms. The van der Waals surface area contributed by atoms with Gasteiger partial charge in [0.15, 0.2) is 0 Å². The summed E-state index contributed by atoms with van der Waals surface area (Å²) in [6.45, 7) is 4.60. The minimum Gasteiger partial charge on any atom is -0.308 e. The topological polar surface area (TPSA) is 15.3 Å². The maximum Gasteiger partial charge on any atom is 0.123 e. The highest BCUT2D eigenvalue weighted by molar-refractivity contribution is 5.16. The highest BCUT2D eigenvalue weighted by atomic mass is 19.1. The Kier molecular flexibility index (Phi) is 3.12. The number of fused-ring (bicyclic) bond motifs is 3. The van der Waals surface area contributed by atoms with Crippen LogP contribution in [-0.4, -0.2) is 30.6 Å². The van der Waals surface area contributed by atoms with Crippen LogP contribution in [0.4, 0.5) is 4.39 Å². The van der Waals surface area contributed by atoms with Gasteiger partial charge in [-0.2, -0.15) is 0 Å². The van der Waals surface area contributed by atoms with E-state index in [9.17, 15) is 4.39 Å². The van der Waals surface area contributed by atoms with Crippen LogP contribution in [0.5, 0.6) is 0 Å². The lowest BCUT2D eigenvalue weighted by Crippen LogP contribution is -2.55. The van der Waals surface area contributed by atoms with Crippen molar-refractivity contribution in [1.82, 2.24) is 10.2 Å². The van der Waals surface area contributed by atoms with Gasteiger partial charge in [0.25, 0.3) is 0 Å². The molecule has 0 aliphatic carbocycles. The zero-order valence-corrected chi connectivity index (χ0v) is 10.0. The van der Waals surface area contributed by atoms with Crippen LogP contribution in [0.1, 0.15) is 18.4 Å². The Bertz CT molecular complexity index is 368. The fourth-order valence-electron chi connectivity index (χ4n) is 3.05. The van der Waals surface area contributed by atoms with Crippen molar-refractivity contribution in [3.63, 3.8) is 0 Å². The molecule has 3 heterocycles. The van der Waals surface area contributed by atoms with E-state index >= 15 is 0 Å². The van der Waals surface area contributed by atoms with Gasteiger partial charge >= 0.3 is 0 Å². The molecular formula is C14H19FN2. The first-order chi connectivity index (χ1) is 8.31. The molecule has 0 amide bonds. The van der Waals surface area contributed by atoms with Crippen molar-refractivity contribution in [3.8, 4) is 0 Å². The van der Waals surface area contributed by atoms with Gasteiger partial charge in [-0.05, 0) is 49.5 Å². The molecule has 4 rings (SSSR count). The van der Waals surface area contributed by atoms with Crippen LogP contribution < -0.4 is 5.32 Å². The van der Waals surface area contributed by atoms with Gasteiger partial charge in [0.1, 0.15) is 5.82 Å². The van der Waals surface area contributed by atoms with Gasteiger partial charge < -0.3 is 10.2 Å². The lowest BCUT2D eigenvalue weighted by Gasteiger charge is -2.45. The van der Waals surface area contributed by atoms with E-state index in [1.165, 1.54) is 50.2 Å². The molecule has 3 aliphatic heterocycles. The van der Waals surface area contributed by atoms with Gasteiger partial charge in [-0.3, -0.25) is 0 Å². The SMILES string of the molecule is Fc1ccc(CN[C@@H]2CN3CCC2CC3)cc1. The molecule has 0 aromatic heterocycles. The maximum atomic E-state index is 12.8. The summed E-state index contributed by atoms with van der Waals surface area (Å²) in [5.74, 6) is 0.692. The number of piperidine rings is 3. The Labute approximate surface area is 102 Å². The van der Waals surface area contributed by atoms with Crippen LogP contribution in [0.25, 0.3) is 0 Å². The molecule has 92 valence electrons. The van der Waals surface area contributed by atoms with Gasteiger partial charge in [-0.25, -0.2) is 4.39 Å². The van der Waals surface area contributed by atoms with E-state index < -0.39 is 0 Å². The molecule has 1 aromatic carbocycles. The Balaban J connectivity index is 1.56. The fraction of sp³-hybridized carbons (Fsp3) is 0.571. The Morgan fingerprint density at radius 1 is 1.18 bits per heavy atom. The second kappa shape index (κ2) is 4.75. The summed E-state index contributed by atoms with van der Waals surface area (Å²) in [7, 11) is 0. The third-order valence-corrected chi connectivity index (χ3v) is 4.14. The highest BCUT2D eigenvalue weighted by Crippen LogP contribution is 2.27. The number of rotatable bonds is 3. The third-order valence-electron chi connectivity index (χ3n) is 4.14. The molecule has 3 saturated heterocycles. The van der Waals surface area contributed by atoms with E-state index in [0.717, 1.165) is 12.5 Å². The zero-order valence-electron chi connectivity index (χ0n) is 10.0. The van der Waals surface area contributed by atoms with Crippen molar-refractivity contribution in [2.45, 2.75) is 25.4 Å². The molecule has 2 bridgehead atoms. The Morgan fingerprint density at radius 3 is 2.47 bits per heavy atom. The van der Waals surface area contributed by atoms with Crippen LogP contribution in [0.3, 0.4) is 0 Å². The summed E-state index contributed by atoms with van der Waals surface area (Å²) < 4.78 is 12.8. The number of halogens is 1. The van der Waals surface area contributed by atoms with Crippen LogP contribution in [0.15, 0.2) is 24.3 Å². The minimum atomic E-state index is -0.156. The van der Waals surface area contributed by atoms with Crippen molar-refractivity contribution in [2.24, 2.45) is 5.92 Å². The van der Waals surface area contributed by atoms with Crippen molar-refractivity contribution in [3.05, 3.63) is 35.6 Å². The van der Waals surface area contributed by atoms with Crippen molar-refractivity contribution in [1.29, 1.82) is 0 Å². The Hall–Kier alpha value is -0.930. The average Bonchev–Trinajstić information content (AvgIpc) is 2.39. The summed E-state index contributed by atoms with van der Waals surface area (Å²) in [4.78, 5) is 2.54. The lowest BCUT2D eigenvalue weighted by molar-refractivity contribution is 0.0720. The first kappa shape index (κ1) is 11.2. The molecule has 3 aliphatic rings. The molecular weight excluding hydrogens is 215 g/mol. The van der Waals surface area contributed by atoms with E-state index in [1.54, 1.807) is 0 Å². The average molecular weight is 234 g/mol. The second-order valence-electron chi connectivity index (χ2n) is 5.25. The molecule has 0 radical (unpaired) electrons. The normalized spacial score (nSPS) is 31.7. The summed E-state index contributed by atoms with van der Waals surface area (Å²) in [6, 6.07) is 7.43. The maximum absolute atomic E-state index is 12.8. The number of hydrogen-bond donors (Lipinski definition) is 1. The van der Waals surface area contributed by atoms with Crippen LogP contribution >= 0.6 is 0 Å². The van der Waals surface area contributed by atoms with Gasteiger partial charge in [-0.15, -0.1) is 0 Å². The Morgan fingerprint density at radius 2 is 1.88 bits per heavy atom. The van der Waals surface area contributed by atoms with E-state index in [-0.39, 0.29) is 5.82 Å². The van der Waals surface area contributed by atoms with Crippen LogP contribution in [-0.2, 0) is 6.54 Å². The van der Waals surface area contributed by atoms with Gasteiger partial charge in [-0.1, -0.05) is 12.1 Å². The first-order valence-corrected chi connectivity index (χ1v) is 6.51. The minimum absolute atomic E-state index is 0.156. The number of nitrogens with one attached hydrogen (secondary N) is 1. The fourth-order valence-corrected chi connectivity index (χ4v) is 3.05. The van der Waals surface area contributed by atoms with Gasteiger partial charge in [0.2, 0.25) is 0 Å². The summed E-state index contributed by atoms with van der Waals surface area (Å²) in [5, 5.41) is 3.62. The second-order valence-corrected chi connectivity index (χ2v) is 5.25. The smallest absolute Gasteiger partial charge is 0.123 e. The van der Waals surface area contributed by atoms with Crippen molar-refractivity contribution < 1.29 is 4.39 Å². The van der Waals surface area contributed by atoms with Gasteiger partial charge in [0, 0.05) is 19.1 Å². The third kappa shape index (κ3) is 2.50. The van der Waals surface area contributed by atoms with E-state index in [4.69, 9.17) is 0 Å². The number of benzene rings is 1. The number of nitrogens with zero attached hydrogens (tertiary/aromatic N) is 1. The number of hydrogen-bond acceptors (Lipinski definition) is 2. The molecule has 3 heteroatoms. The van der Waals surface area contributed by atoms with Crippen molar-refractivity contribution in [2.75, 3.05) is 19.6 Å². The monoisotopic (exact) mass is 234 g/mol. The van der Waals surface area contributed by atoms with Crippen LogP contribution in [0, 0.1) is 11.7 Å². The molecule has 0 saturated carbocycles. The lowest BCUT2D eigenvalue weighted by atomic mass is 9.84. The molecule has 0 unspecified atom stereocenters. The predicted molar refractivity (Wildman–Crippen MR) is 66.2 cm³/mol. The van der Waals surface area contributed by atoms with Crippen LogP contribution in [0.2, 0.25) is 0 Å². The highest BCUT2D eigenvalue weighted by Gasteiger charge is 2.33. The van der Waals surface area contributed by atoms with E-state index in [0.29, 0.717) is 6.04 Å². The molecule has 17 heavy (non-hydrogen) atoms. The zero-order chi connectivity index (χ0) is 11.7. The molecule has 3 fully saturated rings. The predicted octanol–water partition coefficient (Wildman–Crippen LogP) is 2.01. The largest absolute Gasteiger partial charge is 0.308 e. The first-order valence-electron chi connectivity index (χ1n) is 6.51. The van der Waals surface area contributed by atoms with Gasteiger partial charge in [0.05, 0.1) is 0 Å². The summed E-state index contributed by atoms with van der Waals surface area (Å²) >= 11 is 0. The molecule has 1 atom stereocenters.